The van der Waals surface area contributed by atoms with Gasteiger partial charge in [-0.2, -0.15) is 13.2 Å². The summed E-state index contributed by atoms with van der Waals surface area (Å²) in [6.45, 7) is -0.0361. The van der Waals surface area contributed by atoms with Crippen molar-refractivity contribution in [2.45, 2.75) is 17.6 Å². The number of anilines is 1. The molecule has 0 aliphatic rings. The van der Waals surface area contributed by atoms with Crippen molar-refractivity contribution in [2.24, 2.45) is 0 Å². The number of hydrogen-bond donors (Lipinski definition) is 2. The van der Waals surface area contributed by atoms with E-state index in [4.69, 9.17) is 4.42 Å². The highest BCUT2D eigenvalue weighted by Crippen LogP contribution is 2.29. The molecule has 0 unspecified atom stereocenters. The van der Waals surface area contributed by atoms with Crippen LogP contribution in [0.3, 0.4) is 0 Å². The lowest BCUT2D eigenvalue weighted by atomic mass is 10.1. The van der Waals surface area contributed by atoms with Gasteiger partial charge in [0.15, 0.2) is 0 Å². The number of hydrogen-bond acceptors (Lipinski definition) is 4. The average molecular weight is 450 g/mol. The van der Waals surface area contributed by atoms with Gasteiger partial charge in [-0.05, 0) is 54.1 Å². The highest BCUT2D eigenvalue weighted by molar-refractivity contribution is 7.89. The Morgan fingerprint density at radius 2 is 1.81 bits per heavy atom. The van der Waals surface area contributed by atoms with E-state index in [1.165, 1.54) is 48.7 Å². The zero-order chi connectivity index (χ0) is 22.5. The molecule has 3 rings (SSSR count). The number of furan rings is 1. The molecule has 0 saturated heterocycles. The van der Waals surface area contributed by atoms with Crippen molar-refractivity contribution in [1.82, 2.24) is 4.72 Å². The summed E-state index contributed by atoms with van der Waals surface area (Å²) < 4.78 is 70.6. The van der Waals surface area contributed by atoms with Gasteiger partial charge in [0.25, 0.3) is 0 Å². The van der Waals surface area contributed by atoms with E-state index < -0.39 is 27.7 Å². The molecule has 0 atom stereocenters. The van der Waals surface area contributed by atoms with E-state index in [1.807, 2.05) is 0 Å². The zero-order valence-corrected chi connectivity index (χ0v) is 16.7. The van der Waals surface area contributed by atoms with Crippen molar-refractivity contribution in [3.63, 3.8) is 0 Å². The van der Waals surface area contributed by atoms with E-state index in [-0.39, 0.29) is 22.7 Å². The molecule has 2 N–H and O–H groups in total. The molecule has 0 bridgehead atoms. The van der Waals surface area contributed by atoms with E-state index in [0.29, 0.717) is 5.76 Å². The van der Waals surface area contributed by atoms with Gasteiger partial charge in [-0.3, -0.25) is 4.79 Å². The first-order valence-electron chi connectivity index (χ1n) is 8.92. The molecule has 0 spiro atoms. The molecule has 1 heterocycles. The third-order valence-electron chi connectivity index (χ3n) is 4.07. The molecule has 0 saturated carbocycles. The largest absolute Gasteiger partial charge is 0.468 e. The van der Waals surface area contributed by atoms with Crippen LogP contribution in [0.25, 0.3) is 6.08 Å². The molecule has 0 aliphatic heterocycles. The maximum Gasteiger partial charge on any atom is 0.416 e. The molecule has 6 nitrogen and oxygen atoms in total. The minimum Gasteiger partial charge on any atom is -0.468 e. The molecule has 0 radical (unpaired) electrons. The lowest BCUT2D eigenvalue weighted by Crippen LogP contribution is -2.23. The molecule has 10 heteroatoms. The predicted molar refractivity (Wildman–Crippen MR) is 108 cm³/mol. The van der Waals surface area contributed by atoms with Gasteiger partial charge in [-0.25, -0.2) is 13.1 Å². The van der Waals surface area contributed by atoms with E-state index in [0.717, 1.165) is 18.2 Å². The summed E-state index contributed by atoms with van der Waals surface area (Å²) in [5, 5.41) is 2.48. The van der Waals surface area contributed by atoms with Crippen LogP contribution in [-0.4, -0.2) is 14.3 Å². The molecule has 3 aromatic rings. The monoisotopic (exact) mass is 450 g/mol. The van der Waals surface area contributed by atoms with Gasteiger partial charge in [-0.15, -0.1) is 0 Å². The van der Waals surface area contributed by atoms with Crippen LogP contribution in [-0.2, 0) is 27.5 Å². The standard InChI is InChI=1S/C21H17F3N2O4S/c22-21(23,24)16-5-1-4-15(12-16)9-10-20(27)26-17-6-2-8-19(13-17)31(28,29)25-14-18-7-3-11-30-18/h1-13,25H,14H2,(H,26,27)/b10-9+. The number of carbonyl (C=O) groups is 1. The fourth-order valence-corrected chi connectivity index (χ4v) is 3.62. The minimum absolute atomic E-state index is 0.0361. The Morgan fingerprint density at radius 1 is 1.03 bits per heavy atom. The Hall–Kier alpha value is -3.37. The molecular formula is C21H17F3N2O4S. The van der Waals surface area contributed by atoms with Crippen LogP contribution < -0.4 is 10.0 Å². The molecular weight excluding hydrogens is 433 g/mol. The number of benzene rings is 2. The van der Waals surface area contributed by atoms with Crippen molar-refractivity contribution in [3.8, 4) is 0 Å². The summed E-state index contributed by atoms with van der Waals surface area (Å²) >= 11 is 0. The van der Waals surface area contributed by atoms with Crippen molar-refractivity contribution < 1.29 is 30.8 Å². The van der Waals surface area contributed by atoms with Gasteiger partial charge < -0.3 is 9.73 Å². The number of amides is 1. The van der Waals surface area contributed by atoms with Crippen LogP contribution in [0.4, 0.5) is 18.9 Å². The van der Waals surface area contributed by atoms with Crippen molar-refractivity contribution in [1.29, 1.82) is 0 Å². The molecule has 2 aromatic carbocycles. The Bertz CT molecular complexity index is 1190. The first-order chi connectivity index (χ1) is 14.6. The van der Waals surface area contributed by atoms with Gasteiger partial charge >= 0.3 is 6.18 Å². The summed E-state index contributed by atoms with van der Waals surface area (Å²) in [6, 6.07) is 13.3. The summed E-state index contributed by atoms with van der Waals surface area (Å²) in [7, 11) is -3.85. The number of nitrogens with one attached hydrogen (secondary N) is 2. The van der Waals surface area contributed by atoms with Crippen molar-refractivity contribution >= 4 is 27.7 Å². The number of sulfonamides is 1. The molecule has 0 aliphatic carbocycles. The van der Waals surface area contributed by atoms with E-state index in [1.54, 1.807) is 12.1 Å². The first kappa shape index (κ1) is 22.3. The maximum absolute atomic E-state index is 12.8. The van der Waals surface area contributed by atoms with E-state index in [2.05, 4.69) is 10.0 Å². The average Bonchev–Trinajstić information content (AvgIpc) is 3.24. The minimum atomic E-state index is -4.48. The maximum atomic E-state index is 12.8. The van der Waals surface area contributed by atoms with E-state index in [9.17, 15) is 26.4 Å². The predicted octanol–water partition coefficient (Wildman–Crippen LogP) is 4.43. The topological polar surface area (TPSA) is 88.4 Å². The molecule has 0 fully saturated rings. The number of halogens is 3. The second kappa shape index (κ2) is 9.19. The Labute approximate surface area is 176 Å². The lowest BCUT2D eigenvalue weighted by Gasteiger charge is -2.08. The second-order valence-corrected chi connectivity index (χ2v) is 8.14. The second-order valence-electron chi connectivity index (χ2n) is 6.38. The first-order valence-corrected chi connectivity index (χ1v) is 10.4. The molecule has 162 valence electrons. The van der Waals surface area contributed by atoms with E-state index >= 15 is 0 Å². The fourth-order valence-electron chi connectivity index (χ4n) is 2.58. The van der Waals surface area contributed by atoms with Crippen molar-refractivity contribution in [2.75, 3.05) is 5.32 Å². The van der Waals surface area contributed by atoms with Crippen LogP contribution in [0.15, 0.2) is 82.3 Å². The third kappa shape index (κ3) is 6.30. The molecule has 1 amide bonds. The summed E-state index contributed by atoms with van der Waals surface area (Å²) in [6.07, 6.45) is -0.766. The van der Waals surface area contributed by atoms with Crippen LogP contribution in [0.2, 0.25) is 0 Å². The highest BCUT2D eigenvalue weighted by Gasteiger charge is 2.30. The SMILES string of the molecule is O=C(/C=C/c1cccc(C(F)(F)F)c1)Nc1cccc(S(=O)(=O)NCc2ccco2)c1. The molecule has 1 aromatic heterocycles. The van der Waals surface area contributed by atoms with Gasteiger partial charge in [0, 0.05) is 11.8 Å². The third-order valence-corrected chi connectivity index (χ3v) is 5.47. The Kier molecular flexibility index (Phi) is 6.62. The zero-order valence-electron chi connectivity index (χ0n) is 15.9. The van der Waals surface area contributed by atoms with Crippen molar-refractivity contribution in [3.05, 3.63) is 89.9 Å². The molecule has 31 heavy (non-hydrogen) atoms. The van der Waals surface area contributed by atoms with Crippen LogP contribution in [0.5, 0.6) is 0 Å². The quantitative estimate of drug-likeness (QED) is 0.522. The number of rotatable bonds is 7. The van der Waals surface area contributed by atoms with Crippen LogP contribution in [0, 0.1) is 0 Å². The van der Waals surface area contributed by atoms with Gasteiger partial charge in [-0.1, -0.05) is 18.2 Å². The normalized spacial score (nSPS) is 12.2. The Balaban J connectivity index is 1.66. The van der Waals surface area contributed by atoms with Crippen LogP contribution >= 0.6 is 0 Å². The van der Waals surface area contributed by atoms with Crippen LogP contribution in [0.1, 0.15) is 16.9 Å². The Morgan fingerprint density at radius 3 is 2.52 bits per heavy atom. The smallest absolute Gasteiger partial charge is 0.416 e. The number of alkyl halides is 3. The fraction of sp³-hybridized carbons (Fsp3) is 0.0952. The summed E-state index contributed by atoms with van der Waals surface area (Å²) in [5.74, 6) is -0.191. The highest BCUT2D eigenvalue weighted by atomic mass is 32.2. The van der Waals surface area contributed by atoms with Gasteiger partial charge in [0.1, 0.15) is 5.76 Å². The summed E-state index contributed by atoms with van der Waals surface area (Å²) in [5.41, 5.74) is -0.419. The summed E-state index contributed by atoms with van der Waals surface area (Å²) in [4.78, 5) is 12.0. The van der Waals surface area contributed by atoms with Gasteiger partial charge in [0.05, 0.1) is 23.3 Å². The number of carbonyl (C=O) groups excluding carboxylic acids is 1. The lowest BCUT2D eigenvalue weighted by molar-refractivity contribution is -0.137. The van der Waals surface area contributed by atoms with Gasteiger partial charge in [0.2, 0.25) is 15.9 Å².